The third-order valence-corrected chi connectivity index (χ3v) is 7.04. The van der Waals surface area contributed by atoms with Crippen LogP contribution in [-0.2, 0) is 4.74 Å². The number of piperidine rings is 1. The Kier molecular flexibility index (Phi) is 5.51. The van der Waals surface area contributed by atoms with Crippen molar-refractivity contribution in [1.29, 1.82) is 0 Å². The minimum absolute atomic E-state index is 0.207. The Morgan fingerprint density at radius 2 is 1.96 bits per heavy atom. The van der Waals surface area contributed by atoms with Crippen molar-refractivity contribution < 1.29 is 9.53 Å². The molecule has 5 heteroatoms. The summed E-state index contributed by atoms with van der Waals surface area (Å²) >= 11 is 0. The van der Waals surface area contributed by atoms with E-state index in [1.165, 1.54) is 44.9 Å². The van der Waals surface area contributed by atoms with Gasteiger partial charge in [0.15, 0.2) is 0 Å². The van der Waals surface area contributed by atoms with E-state index in [0.717, 1.165) is 45.1 Å². The summed E-state index contributed by atoms with van der Waals surface area (Å²) in [6.45, 7) is 7.42. The molecule has 4 rings (SSSR count). The van der Waals surface area contributed by atoms with Gasteiger partial charge in [-0.25, -0.2) is 4.79 Å². The quantitative estimate of drug-likeness (QED) is 0.849. The lowest BCUT2D eigenvalue weighted by molar-refractivity contribution is 0.0510. The van der Waals surface area contributed by atoms with Gasteiger partial charge in [-0.15, -0.1) is 0 Å². The molecule has 4 atom stereocenters. The zero-order chi connectivity index (χ0) is 17.2. The molecule has 2 amide bonds. The Balaban J connectivity index is 1.25. The summed E-state index contributed by atoms with van der Waals surface area (Å²) in [7, 11) is 0. The molecule has 1 N–H and O–H groups in total. The summed E-state index contributed by atoms with van der Waals surface area (Å²) in [5.41, 5.74) is 0. The molecular weight excluding hydrogens is 314 g/mol. The number of amides is 2. The fourth-order valence-corrected chi connectivity index (χ4v) is 5.29. The molecule has 0 aromatic rings. The van der Waals surface area contributed by atoms with E-state index in [1.54, 1.807) is 0 Å². The smallest absolute Gasteiger partial charge is 0.317 e. The molecule has 0 radical (unpaired) electrons. The third-order valence-electron chi connectivity index (χ3n) is 7.04. The Hall–Kier alpha value is -0.810. The van der Waals surface area contributed by atoms with Crippen LogP contribution in [0.15, 0.2) is 0 Å². The van der Waals surface area contributed by atoms with Crippen molar-refractivity contribution in [3.8, 4) is 0 Å². The number of ether oxygens (including phenoxy) is 1. The summed E-state index contributed by atoms with van der Waals surface area (Å²) in [6, 6.07) is 1.05. The maximum atomic E-state index is 12.9. The average Bonchev–Trinajstić information content (AvgIpc) is 3.20. The highest BCUT2D eigenvalue weighted by atomic mass is 16.5. The van der Waals surface area contributed by atoms with Crippen LogP contribution in [0.4, 0.5) is 4.79 Å². The van der Waals surface area contributed by atoms with E-state index in [1.807, 2.05) is 0 Å². The number of carbonyl (C=O) groups excluding carboxylic acids is 1. The molecule has 142 valence electrons. The summed E-state index contributed by atoms with van der Waals surface area (Å²) in [6.07, 6.45) is 10.3. The SMILES string of the molecule is CC1CN(CC2CCCO2)CCC1NC(=O)N1CCCC1C1CCC1. The fourth-order valence-electron chi connectivity index (χ4n) is 5.29. The van der Waals surface area contributed by atoms with Gasteiger partial charge >= 0.3 is 6.03 Å². The van der Waals surface area contributed by atoms with Gasteiger partial charge in [0.25, 0.3) is 0 Å². The number of likely N-dealkylation sites (tertiary alicyclic amines) is 2. The number of nitrogens with one attached hydrogen (secondary N) is 1. The van der Waals surface area contributed by atoms with Crippen molar-refractivity contribution in [1.82, 2.24) is 15.1 Å². The first-order valence-corrected chi connectivity index (χ1v) is 10.6. The second kappa shape index (κ2) is 7.83. The molecule has 3 saturated heterocycles. The lowest BCUT2D eigenvalue weighted by Gasteiger charge is -2.40. The molecule has 5 nitrogen and oxygen atoms in total. The average molecular weight is 350 g/mol. The molecule has 1 saturated carbocycles. The number of rotatable bonds is 4. The number of urea groups is 1. The van der Waals surface area contributed by atoms with E-state index >= 15 is 0 Å². The van der Waals surface area contributed by atoms with Crippen LogP contribution in [0.2, 0.25) is 0 Å². The van der Waals surface area contributed by atoms with E-state index in [0.29, 0.717) is 24.1 Å². The van der Waals surface area contributed by atoms with E-state index in [4.69, 9.17) is 4.74 Å². The Bertz CT molecular complexity index is 462. The minimum Gasteiger partial charge on any atom is -0.377 e. The van der Waals surface area contributed by atoms with Crippen molar-refractivity contribution in [3.05, 3.63) is 0 Å². The van der Waals surface area contributed by atoms with Gasteiger partial charge in [0.05, 0.1) is 6.10 Å². The molecule has 0 bridgehead atoms. The molecule has 0 aromatic carbocycles. The van der Waals surface area contributed by atoms with Gasteiger partial charge in [-0.1, -0.05) is 13.3 Å². The summed E-state index contributed by atoms with van der Waals surface area (Å²) in [5, 5.41) is 3.39. The maximum Gasteiger partial charge on any atom is 0.317 e. The van der Waals surface area contributed by atoms with Crippen LogP contribution in [-0.4, -0.2) is 66.8 Å². The van der Waals surface area contributed by atoms with E-state index in [9.17, 15) is 4.79 Å². The van der Waals surface area contributed by atoms with Crippen molar-refractivity contribution in [3.63, 3.8) is 0 Å². The van der Waals surface area contributed by atoms with Gasteiger partial charge in [-0.05, 0) is 56.8 Å². The van der Waals surface area contributed by atoms with Gasteiger partial charge in [0, 0.05) is 44.9 Å². The number of nitrogens with zero attached hydrogens (tertiary/aromatic N) is 2. The van der Waals surface area contributed by atoms with Crippen LogP contribution >= 0.6 is 0 Å². The van der Waals surface area contributed by atoms with Gasteiger partial charge in [-0.3, -0.25) is 0 Å². The van der Waals surface area contributed by atoms with Crippen molar-refractivity contribution in [2.75, 3.05) is 32.8 Å². The van der Waals surface area contributed by atoms with Gasteiger partial charge < -0.3 is 19.9 Å². The molecule has 25 heavy (non-hydrogen) atoms. The first-order valence-electron chi connectivity index (χ1n) is 10.6. The molecule has 3 heterocycles. The van der Waals surface area contributed by atoms with Crippen LogP contribution in [0.1, 0.15) is 58.3 Å². The van der Waals surface area contributed by atoms with Crippen LogP contribution in [0.5, 0.6) is 0 Å². The van der Waals surface area contributed by atoms with Gasteiger partial charge in [-0.2, -0.15) is 0 Å². The first kappa shape index (κ1) is 17.6. The number of hydrogen-bond donors (Lipinski definition) is 1. The minimum atomic E-state index is 0.207. The molecule has 0 aromatic heterocycles. The lowest BCUT2D eigenvalue weighted by Crippen LogP contribution is -2.55. The number of carbonyl (C=O) groups is 1. The van der Waals surface area contributed by atoms with Gasteiger partial charge in [0.2, 0.25) is 0 Å². The van der Waals surface area contributed by atoms with E-state index in [2.05, 4.69) is 22.0 Å². The normalized spacial score (nSPS) is 37.2. The predicted molar refractivity (Wildman–Crippen MR) is 98.6 cm³/mol. The maximum absolute atomic E-state index is 12.9. The molecule has 0 spiro atoms. The molecule has 4 unspecified atom stereocenters. The molecule has 3 aliphatic heterocycles. The Labute approximate surface area is 152 Å². The highest BCUT2D eigenvalue weighted by Crippen LogP contribution is 2.37. The van der Waals surface area contributed by atoms with Crippen LogP contribution in [0.3, 0.4) is 0 Å². The first-order chi connectivity index (χ1) is 12.2. The Morgan fingerprint density at radius 1 is 1.08 bits per heavy atom. The Morgan fingerprint density at radius 3 is 2.64 bits per heavy atom. The highest BCUT2D eigenvalue weighted by molar-refractivity contribution is 5.75. The molecular formula is C20H35N3O2. The zero-order valence-electron chi connectivity index (χ0n) is 15.8. The molecule has 4 fully saturated rings. The third kappa shape index (κ3) is 3.97. The molecule has 1 aliphatic carbocycles. The second-order valence-electron chi connectivity index (χ2n) is 8.81. The topological polar surface area (TPSA) is 44.8 Å². The number of hydrogen-bond acceptors (Lipinski definition) is 3. The highest BCUT2D eigenvalue weighted by Gasteiger charge is 2.38. The molecule has 4 aliphatic rings. The van der Waals surface area contributed by atoms with Gasteiger partial charge in [0.1, 0.15) is 0 Å². The summed E-state index contributed by atoms with van der Waals surface area (Å²) in [5.74, 6) is 1.29. The summed E-state index contributed by atoms with van der Waals surface area (Å²) in [4.78, 5) is 17.6. The van der Waals surface area contributed by atoms with Crippen molar-refractivity contribution >= 4 is 6.03 Å². The second-order valence-corrected chi connectivity index (χ2v) is 8.81. The fraction of sp³-hybridized carbons (Fsp3) is 0.950. The standard InChI is InChI=1S/C20H35N3O2/c1-15-13-22(14-17-7-4-12-25-17)11-9-18(15)21-20(24)23-10-3-8-19(23)16-5-2-6-16/h15-19H,2-14H2,1H3,(H,21,24). The largest absolute Gasteiger partial charge is 0.377 e. The zero-order valence-corrected chi connectivity index (χ0v) is 15.8. The summed E-state index contributed by atoms with van der Waals surface area (Å²) < 4.78 is 5.78. The monoisotopic (exact) mass is 349 g/mol. The van der Waals surface area contributed by atoms with E-state index in [-0.39, 0.29) is 6.03 Å². The van der Waals surface area contributed by atoms with Crippen LogP contribution in [0.25, 0.3) is 0 Å². The van der Waals surface area contributed by atoms with Crippen molar-refractivity contribution in [2.24, 2.45) is 11.8 Å². The van der Waals surface area contributed by atoms with Crippen molar-refractivity contribution in [2.45, 2.75) is 76.5 Å². The van der Waals surface area contributed by atoms with E-state index < -0.39 is 0 Å². The lowest BCUT2D eigenvalue weighted by atomic mass is 9.79. The van der Waals surface area contributed by atoms with Crippen LogP contribution < -0.4 is 5.32 Å². The predicted octanol–water partition coefficient (Wildman–Crippen LogP) is 2.85. The van der Waals surface area contributed by atoms with Crippen LogP contribution in [0, 0.1) is 11.8 Å².